The Morgan fingerprint density at radius 1 is 1.42 bits per heavy atom. The van der Waals surface area contributed by atoms with Gasteiger partial charge in [0, 0.05) is 19.6 Å². The van der Waals surface area contributed by atoms with Crippen LogP contribution in [0.2, 0.25) is 0 Å². The smallest absolute Gasteiger partial charge is 0.116 e. The molecule has 0 saturated carbocycles. The van der Waals surface area contributed by atoms with Gasteiger partial charge in [-0.2, -0.15) is 0 Å². The quantitative estimate of drug-likeness (QED) is 0.578. The number of hydrogen-bond donors (Lipinski definition) is 2. The minimum Gasteiger partial charge on any atom is -0.366 e. The van der Waals surface area contributed by atoms with E-state index in [-0.39, 0.29) is 18.6 Å². The van der Waals surface area contributed by atoms with Crippen molar-refractivity contribution < 1.29 is 9.47 Å². The standard InChI is InChI=1S/C8H16N2O2/c1-5-9-7(11-2)6-3-4-12-8(6)10-5/h5-10H,3-4H2,1-2H3. The molecule has 0 radical (unpaired) electrons. The first-order valence-electron chi connectivity index (χ1n) is 4.48. The summed E-state index contributed by atoms with van der Waals surface area (Å²) in [5, 5.41) is 6.65. The number of hydrogen-bond acceptors (Lipinski definition) is 4. The molecule has 2 fully saturated rings. The van der Waals surface area contributed by atoms with Crippen molar-refractivity contribution in [2.75, 3.05) is 13.7 Å². The third-order valence-corrected chi connectivity index (χ3v) is 2.61. The minimum absolute atomic E-state index is 0.147. The van der Waals surface area contributed by atoms with Gasteiger partial charge in [0.2, 0.25) is 0 Å². The summed E-state index contributed by atoms with van der Waals surface area (Å²) in [6.07, 6.45) is 1.69. The zero-order chi connectivity index (χ0) is 8.55. The second-order valence-corrected chi connectivity index (χ2v) is 3.46. The van der Waals surface area contributed by atoms with Gasteiger partial charge in [-0.1, -0.05) is 0 Å². The van der Waals surface area contributed by atoms with Gasteiger partial charge in [0.25, 0.3) is 0 Å². The van der Waals surface area contributed by atoms with E-state index < -0.39 is 0 Å². The van der Waals surface area contributed by atoms with Gasteiger partial charge in [-0.25, -0.2) is 0 Å². The van der Waals surface area contributed by atoms with E-state index >= 15 is 0 Å². The van der Waals surface area contributed by atoms with E-state index in [1.807, 2.05) is 0 Å². The largest absolute Gasteiger partial charge is 0.366 e. The van der Waals surface area contributed by atoms with E-state index in [0.29, 0.717) is 5.92 Å². The molecule has 4 unspecified atom stereocenters. The lowest BCUT2D eigenvalue weighted by Gasteiger charge is -2.37. The maximum atomic E-state index is 5.53. The highest BCUT2D eigenvalue weighted by Crippen LogP contribution is 2.26. The van der Waals surface area contributed by atoms with Crippen LogP contribution in [0.3, 0.4) is 0 Å². The van der Waals surface area contributed by atoms with Gasteiger partial charge in [0.05, 0.1) is 6.17 Å². The predicted molar refractivity (Wildman–Crippen MR) is 44.4 cm³/mol. The lowest BCUT2D eigenvalue weighted by molar-refractivity contribution is -0.0672. The Morgan fingerprint density at radius 2 is 2.25 bits per heavy atom. The van der Waals surface area contributed by atoms with Crippen LogP contribution in [0, 0.1) is 5.92 Å². The highest BCUT2D eigenvalue weighted by Gasteiger charge is 2.39. The molecule has 0 amide bonds. The van der Waals surface area contributed by atoms with Crippen LogP contribution in [0.4, 0.5) is 0 Å². The van der Waals surface area contributed by atoms with Crippen molar-refractivity contribution in [2.45, 2.75) is 32.0 Å². The molecule has 2 saturated heterocycles. The highest BCUT2D eigenvalue weighted by atomic mass is 16.5. The van der Waals surface area contributed by atoms with Crippen LogP contribution in [-0.4, -0.2) is 32.3 Å². The molecule has 2 aliphatic heterocycles. The molecule has 0 aromatic carbocycles. The molecule has 0 spiro atoms. The number of ether oxygens (including phenoxy) is 2. The summed E-state index contributed by atoms with van der Waals surface area (Å²) in [7, 11) is 1.74. The molecule has 2 N–H and O–H groups in total. The molecular weight excluding hydrogens is 156 g/mol. The second kappa shape index (κ2) is 3.30. The molecular formula is C8H16N2O2. The summed E-state index contributed by atoms with van der Waals surface area (Å²) >= 11 is 0. The van der Waals surface area contributed by atoms with E-state index in [1.54, 1.807) is 7.11 Å². The summed E-state index contributed by atoms with van der Waals surface area (Å²) < 4.78 is 10.9. The maximum absolute atomic E-state index is 5.53. The van der Waals surface area contributed by atoms with Gasteiger partial charge < -0.3 is 9.47 Å². The Morgan fingerprint density at radius 3 is 3.00 bits per heavy atom. The predicted octanol–water partition coefficient (Wildman–Crippen LogP) is -0.140. The lowest BCUT2D eigenvalue weighted by atomic mass is 10.0. The summed E-state index contributed by atoms with van der Waals surface area (Å²) in [5.74, 6) is 0.464. The zero-order valence-corrected chi connectivity index (χ0v) is 7.54. The lowest BCUT2D eigenvalue weighted by Crippen LogP contribution is -2.61. The molecule has 70 valence electrons. The van der Waals surface area contributed by atoms with E-state index in [1.165, 1.54) is 0 Å². The van der Waals surface area contributed by atoms with Crippen LogP contribution < -0.4 is 10.6 Å². The van der Waals surface area contributed by atoms with E-state index in [9.17, 15) is 0 Å². The maximum Gasteiger partial charge on any atom is 0.116 e. The Bertz CT molecular complexity index is 165. The topological polar surface area (TPSA) is 42.5 Å². The molecule has 0 aromatic heterocycles. The normalized spacial score (nSPS) is 47.5. The number of fused-ring (bicyclic) bond motifs is 1. The fourth-order valence-electron chi connectivity index (χ4n) is 2.00. The van der Waals surface area contributed by atoms with Crippen LogP contribution >= 0.6 is 0 Å². The number of nitrogens with one attached hydrogen (secondary N) is 2. The highest BCUT2D eigenvalue weighted by molar-refractivity contribution is 4.86. The molecule has 4 atom stereocenters. The van der Waals surface area contributed by atoms with Gasteiger partial charge in [-0.05, 0) is 13.3 Å². The zero-order valence-electron chi connectivity index (χ0n) is 7.54. The summed E-state index contributed by atoms with van der Waals surface area (Å²) in [6.45, 7) is 2.92. The van der Waals surface area contributed by atoms with Gasteiger partial charge >= 0.3 is 0 Å². The Hall–Kier alpha value is -0.160. The minimum atomic E-state index is 0.147. The van der Waals surface area contributed by atoms with Gasteiger partial charge in [-0.3, -0.25) is 10.6 Å². The van der Waals surface area contributed by atoms with Crippen molar-refractivity contribution in [3.8, 4) is 0 Å². The average molecular weight is 172 g/mol. The van der Waals surface area contributed by atoms with E-state index in [0.717, 1.165) is 13.0 Å². The molecule has 4 heteroatoms. The van der Waals surface area contributed by atoms with Crippen LogP contribution in [0.5, 0.6) is 0 Å². The third-order valence-electron chi connectivity index (χ3n) is 2.61. The summed E-state index contributed by atoms with van der Waals surface area (Å²) in [4.78, 5) is 0. The van der Waals surface area contributed by atoms with Crippen molar-refractivity contribution in [3.05, 3.63) is 0 Å². The Balaban J connectivity index is 2.04. The van der Waals surface area contributed by atoms with E-state index in [2.05, 4.69) is 17.6 Å². The van der Waals surface area contributed by atoms with Crippen molar-refractivity contribution >= 4 is 0 Å². The molecule has 4 nitrogen and oxygen atoms in total. The molecule has 2 heterocycles. The fourth-order valence-corrected chi connectivity index (χ4v) is 2.00. The van der Waals surface area contributed by atoms with Crippen molar-refractivity contribution in [1.29, 1.82) is 0 Å². The van der Waals surface area contributed by atoms with Crippen molar-refractivity contribution in [2.24, 2.45) is 5.92 Å². The van der Waals surface area contributed by atoms with Crippen LogP contribution in [0.1, 0.15) is 13.3 Å². The molecule has 0 aliphatic carbocycles. The SMILES string of the molecule is COC1NC(C)NC2OCCC12. The third kappa shape index (κ3) is 1.35. The van der Waals surface area contributed by atoms with Crippen molar-refractivity contribution in [1.82, 2.24) is 10.6 Å². The molecule has 0 bridgehead atoms. The van der Waals surface area contributed by atoms with Crippen LogP contribution in [-0.2, 0) is 9.47 Å². The average Bonchev–Trinajstić information content (AvgIpc) is 2.50. The number of rotatable bonds is 1. The van der Waals surface area contributed by atoms with Crippen LogP contribution in [0.25, 0.3) is 0 Å². The first-order valence-corrected chi connectivity index (χ1v) is 4.48. The van der Waals surface area contributed by atoms with Gasteiger partial charge in [0.1, 0.15) is 12.5 Å². The van der Waals surface area contributed by atoms with Gasteiger partial charge in [-0.15, -0.1) is 0 Å². The molecule has 2 rings (SSSR count). The first kappa shape index (κ1) is 8.44. The van der Waals surface area contributed by atoms with E-state index in [4.69, 9.17) is 9.47 Å². The monoisotopic (exact) mass is 172 g/mol. The Kier molecular flexibility index (Phi) is 2.32. The number of methoxy groups -OCH3 is 1. The molecule has 0 aromatic rings. The second-order valence-electron chi connectivity index (χ2n) is 3.46. The fraction of sp³-hybridized carbons (Fsp3) is 1.00. The van der Waals surface area contributed by atoms with Gasteiger partial charge in [0.15, 0.2) is 0 Å². The molecule has 2 aliphatic rings. The Labute approximate surface area is 72.6 Å². The summed E-state index contributed by atoms with van der Waals surface area (Å²) in [5.41, 5.74) is 0. The first-order chi connectivity index (χ1) is 5.81. The summed E-state index contributed by atoms with van der Waals surface area (Å²) in [6, 6.07) is 0. The van der Waals surface area contributed by atoms with Crippen molar-refractivity contribution in [3.63, 3.8) is 0 Å². The molecule has 12 heavy (non-hydrogen) atoms. The van der Waals surface area contributed by atoms with Crippen LogP contribution in [0.15, 0.2) is 0 Å².